The van der Waals surface area contributed by atoms with Crippen LogP contribution >= 0.6 is 0 Å². The molecule has 19 heavy (non-hydrogen) atoms. The third-order valence-corrected chi connectivity index (χ3v) is 2.57. The Kier molecular flexibility index (Phi) is 7.12. The molecular formula is C15H21FN2O. The Bertz CT molecular complexity index is 451. The molecule has 0 spiro atoms. The first-order chi connectivity index (χ1) is 9.15. The SMILES string of the molecule is CCOCCN(C)Cc1cc(F)cc(C#CCN)c1. The second-order valence-electron chi connectivity index (χ2n) is 4.29. The Morgan fingerprint density at radius 2 is 2.16 bits per heavy atom. The predicted octanol–water partition coefficient (Wildman–Crippen LogP) is 1.60. The van der Waals surface area contributed by atoms with Gasteiger partial charge in [0.25, 0.3) is 0 Å². The van der Waals surface area contributed by atoms with Gasteiger partial charge in [0.2, 0.25) is 0 Å². The molecule has 0 atom stereocenters. The molecule has 1 aromatic carbocycles. The summed E-state index contributed by atoms with van der Waals surface area (Å²) in [6.07, 6.45) is 0. The van der Waals surface area contributed by atoms with Crippen molar-refractivity contribution in [3.05, 3.63) is 35.1 Å². The Balaban J connectivity index is 2.64. The minimum atomic E-state index is -0.267. The average Bonchev–Trinajstić information content (AvgIpc) is 2.36. The normalized spacial score (nSPS) is 10.4. The first-order valence-corrected chi connectivity index (χ1v) is 6.40. The smallest absolute Gasteiger partial charge is 0.124 e. The van der Waals surface area contributed by atoms with E-state index in [0.717, 1.165) is 12.1 Å². The van der Waals surface area contributed by atoms with Crippen molar-refractivity contribution in [3.63, 3.8) is 0 Å². The zero-order valence-corrected chi connectivity index (χ0v) is 11.6. The molecule has 0 aliphatic rings. The molecule has 0 radical (unpaired) electrons. The van der Waals surface area contributed by atoms with Gasteiger partial charge in [-0.15, -0.1) is 0 Å². The van der Waals surface area contributed by atoms with Gasteiger partial charge in [-0.1, -0.05) is 11.8 Å². The maximum absolute atomic E-state index is 13.5. The van der Waals surface area contributed by atoms with Crippen LogP contribution in [0.2, 0.25) is 0 Å². The van der Waals surface area contributed by atoms with E-state index in [4.69, 9.17) is 10.5 Å². The van der Waals surface area contributed by atoms with Crippen molar-refractivity contribution in [1.82, 2.24) is 4.90 Å². The highest BCUT2D eigenvalue weighted by atomic mass is 19.1. The predicted molar refractivity (Wildman–Crippen MR) is 75.2 cm³/mol. The van der Waals surface area contributed by atoms with Gasteiger partial charge in [-0.3, -0.25) is 4.90 Å². The molecule has 0 heterocycles. The Morgan fingerprint density at radius 3 is 2.84 bits per heavy atom. The minimum absolute atomic E-state index is 0.267. The van der Waals surface area contributed by atoms with Gasteiger partial charge in [-0.25, -0.2) is 4.39 Å². The average molecular weight is 264 g/mol. The highest BCUT2D eigenvalue weighted by Gasteiger charge is 2.03. The van der Waals surface area contributed by atoms with Crippen molar-refractivity contribution in [2.24, 2.45) is 5.73 Å². The number of benzene rings is 1. The molecular weight excluding hydrogens is 243 g/mol. The molecule has 104 valence electrons. The van der Waals surface area contributed by atoms with Crippen LogP contribution in [-0.4, -0.2) is 38.3 Å². The molecule has 0 aliphatic carbocycles. The van der Waals surface area contributed by atoms with Crippen molar-refractivity contribution in [2.75, 3.05) is 33.4 Å². The van der Waals surface area contributed by atoms with E-state index >= 15 is 0 Å². The van der Waals surface area contributed by atoms with E-state index in [1.165, 1.54) is 12.1 Å². The Hall–Kier alpha value is -1.41. The largest absolute Gasteiger partial charge is 0.380 e. The summed E-state index contributed by atoms with van der Waals surface area (Å²) in [6, 6.07) is 4.85. The zero-order valence-electron chi connectivity index (χ0n) is 11.6. The number of halogens is 1. The lowest BCUT2D eigenvalue weighted by atomic mass is 10.1. The van der Waals surface area contributed by atoms with Gasteiger partial charge < -0.3 is 10.5 Å². The number of nitrogens with zero attached hydrogens (tertiary/aromatic N) is 1. The van der Waals surface area contributed by atoms with E-state index in [1.807, 2.05) is 20.0 Å². The molecule has 0 fully saturated rings. The fraction of sp³-hybridized carbons (Fsp3) is 0.467. The van der Waals surface area contributed by atoms with Crippen LogP contribution in [0.5, 0.6) is 0 Å². The van der Waals surface area contributed by atoms with E-state index in [2.05, 4.69) is 16.7 Å². The molecule has 0 saturated heterocycles. The molecule has 2 N–H and O–H groups in total. The molecule has 1 rings (SSSR count). The number of ether oxygens (including phenoxy) is 1. The minimum Gasteiger partial charge on any atom is -0.380 e. The quantitative estimate of drug-likeness (QED) is 0.626. The fourth-order valence-electron chi connectivity index (χ4n) is 1.72. The number of likely N-dealkylation sites (N-methyl/N-ethyl adjacent to an activating group) is 1. The van der Waals surface area contributed by atoms with Gasteiger partial charge in [-0.2, -0.15) is 0 Å². The maximum Gasteiger partial charge on any atom is 0.124 e. The summed E-state index contributed by atoms with van der Waals surface area (Å²) in [4.78, 5) is 2.09. The number of hydrogen-bond acceptors (Lipinski definition) is 3. The molecule has 0 bridgehead atoms. The maximum atomic E-state index is 13.5. The summed E-state index contributed by atoms with van der Waals surface area (Å²) in [5.41, 5.74) is 6.88. The van der Waals surface area contributed by atoms with E-state index in [9.17, 15) is 4.39 Å². The van der Waals surface area contributed by atoms with Gasteiger partial charge in [-0.05, 0) is 37.7 Å². The van der Waals surface area contributed by atoms with Gasteiger partial charge in [0, 0.05) is 25.3 Å². The summed E-state index contributed by atoms with van der Waals surface area (Å²) in [5, 5.41) is 0. The highest BCUT2D eigenvalue weighted by Crippen LogP contribution is 2.10. The number of hydrogen-bond donors (Lipinski definition) is 1. The van der Waals surface area contributed by atoms with Crippen LogP contribution in [0.4, 0.5) is 4.39 Å². The van der Waals surface area contributed by atoms with Gasteiger partial charge in [0.15, 0.2) is 0 Å². The molecule has 0 aromatic heterocycles. The lowest BCUT2D eigenvalue weighted by molar-refractivity contribution is 0.120. The standard InChI is InChI=1S/C15H21FN2O/c1-3-19-8-7-18(2)12-14-9-13(5-4-6-17)10-15(16)11-14/h9-11H,3,6-8,12,17H2,1-2H3. The lowest BCUT2D eigenvalue weighted by Crippen LogP contribution is -2.22. The molecule has 0 amide bonds. The third-order valence-electron chi connectivity index (χ3n) is 2.57. The van der Waals surface area contributed by atoms with Crippen LogP contribution in [0.15, 0.2) is 18.2 Å². The van der Waals surface area contributed by atoms with Crippen LogP contribution in [0.1, 0.15) is 18.1 Å². The number of rotatable bonds is 6. The first-order valence-electron chi connectivity index (χ1n) is 6.40. The molecule has 3 nitrogen and oxygen atoms in total. The molecule has 0 saturated carbocycles. The third kappa shape index (κ3) is 6.35. The zero-order chi connectivity index (χ0) is 14.1. The Labute approximate surface area is 114 Å². The van der Waals surface area contributed by atoms with Crippen molar-refractivity contribution < 1.29 is 9.13 Å². The van der Waals surface area contributed by atoms with Gasteiger partial charge >= 0.3 is 0 Å². The monoisotopic (exact) mass is 264 g/mol. The van der Waals surface area contributed by atoms with Crippen molar-refractivity contribution in [1.29, 1.82) is 0 Å². The Morgan fingerprint density at radius 1 is 1.37 bits per heavy atom. The lowest BCUT2D eigenvalue weighted by Gasteiger charge is -2.16. The highest BCUT2D eigenvalue weighted by molar-refractivity contribution is 5.37. The molecule has 0 unspecified atom stereocenters. The van der Waals surface area contributed by atoms with Crippen LogP contribution in [0.3, 0.4) is 0 Å². The van der Waals surface area contributed by atoms with Crippen LogP contribution in [-0.2, 0) is 11.3 Å². The summed E-state index contributed by atoms with van der Waals surface area (Å²) >= 11 is 0. The van der Waals surface area contributed by atoms with Crippen molar-refractivity contribution >= 4 is 0 Å². The fourth-order valence-corrected chi connectivity index (χ4v) is 1.72. The molecule has 4 heteroatoms. The summed E-state index contributed by atoms with van der Waals surface area (Å²) < 4.78 is 18.8. The van der Waals surface area contributed by atoms with E-state index in [-0.39, 0.29) is 12.4 Å². The number of nitrogens with two attached hydrogens (primary N) is 1. The first kappa shape index (κ1) is 15.6. The molecule has 0 aliphatic heterocycles. The summed E-state index contributed by atoms with van der Waals surface area (Å²) in [6.45, 7) is 5.13. The summed E-state index contributed by atoms with van der Waals surface area (Å²) in [7, 11) is 1.98. The second-order valence-corrected chi connectivity index (χ2v) is 4.29. The topological polar surface area (TPSA) is 38.5 Å². The van der Waals surface area contributed by atoms with Crippen LogP contribution < -0.4 is 5.73 Å². The van der Waals surface area contributed by atoms with Crippen molar-refractivity contribution in [3.8, 4) is 11.8 Å². The van der Waals surface area contributed by atoms with E-state index < -0.39 is 0 Å². The second kappa shape index (κ2) is 8.65. The summed E-state index contributed by atoms with van der Waals surface area (Å²) in [5.74, 6) is 5.32. The van der Waals surface area contributed by atoms with Gasteiger partial charge in [0.1, 0.15) is 5.82 Å². The van der Waals surface area contributed by atoms with Crippen molar-refractivity contribution in [2.45, 2.75) is 13.5 Å². The van der Waals surface area contributed by atoms with E-state index in [1.54, 1.807) is 0 Å². The van der Waals surface area contributed by atoms with Crippen LogP contribution in [0, 0.1) is 17.7 Å². The van der Waals surface area contributed by atoms with Crippen LogP contribution in [0.25, 0.3) is 0 Å². The molecule has 1 aromatic rings. The van der Waals surface area contributed by atoms with Gasteiger partial charge in [0.05, 0.1) is 13.2 Å². The van der Waals surface area contributed by atoms with E-state index in [0.29, 0.717) is 25.3 Å².